The summed E-state index contributed by atoms with van der Waals surface area (Å²) in [7, 11) is 1.88. The van der Waals surface area contributed by atoms with Crippen molar-refractivity contribution in [2.24, 2.45) is 0 Å². The number of morpholine rings is 1. The van der Waals surface area contributed by atoms with Gasteiger partial charge in [0.05, 0.1) is 18.8 Å². The second-order valence-corrected chi connectivity index (χ2v) is 6.13. The monoisotopic (exact) mass is 290 g/mol. The highest BCUT2D eigenvalue weighted by atomic mass is 16.5. The zero-order valence-electron chi connectivity index (χ0n) is 13.5. The zero-order chi connectivity index (χ0) is 15.4. The maximum absolute atomic E-state index is 12.4. The average Bonchev–Trinajstić information content (AvgIpc) is 2.40. The molecule has 116 valence electrons. The van der Waals surface area contributed by atoms with E-state index in [-0.39, 0.29) is 18.1 Å². The molecule has 1 amide bonds. The molecule has 0 bridgehead atoms. The molecule has 2 rings (SSSR count). The highest BCUT2D eigenvalue weighted by molar-refractivity contribution is 5.78. The van der Waals surface area contributed by atoms with Crippen molar-refractivity contribution in [1.29, 1.82) is 0 Å². The Kier molecular flexibility index (Phi) is 5.37. The largest absolute Gasteiger partial charge is 0.373 e. The summed E-state index contributed by atoms with van der Waals surface area (Å²) in [5, 5.41) is 0. The molecule has 1 aliphatic rings. The van der Waals surface area contributed by atoms with Gasteiger partial charge in [-0.25, -0.2) is 0 Å². The van der Waals surface area contributed by atoms with Crippen LogP contribution in [-0.2, 0) is 16.1 Å². The van der Waals surface area contributed by atoms with Crippen molar-refractivity contribution in [2.75, 3.05) is 26.7 Å². The van der Waals surface area contributed by atoms with E-state index < -0.39 is 0 Å². The minimum atomic E-state index is 0.166. The molecule has 1 fully saturated rings. The molecular formula is C17H26N2O2. The number of ether oxygens (including phenoxy) is 1. The van der Waals surface area contributed by atoms with E-state index in [0.29, 0.717) is 13.1 Å². The normalized spacial score (nSPS) is 23.0. The van der Waals surface area contributed by atoms with Crippen molar-refractivity contribution in [3.05, 3.63) is 35.4 Å². The standard InChI is InChI=1S/C17H26N2O2/c1-13-7-5-6-8-16(13)11-18(4)17(20)12-19-9-14(2)21-15(3)10-19/h5-8,14-15H,9-12H2,1-4H3. The van der Waals surface area contributed by atoms with Crippen LogP contribution in [0.25, 0.3) is 0 Å². The fourth-order valence-corrected chi connectivity index (χ4v) is 2.86. The molecule has 1 heterocycles. The van der Waals surface area contributed by atoms with E-state index in [1.807, 2.05) is 24.1 Å². The van der Waals surface area contributed by atoms with Crippen LogP contribution in [0.5, 0.6) is 0 Å². The number of nitrogens with zero attached hydrogens (tertiary/aromatic N) is 2. The Morgan fingerprint density at radius 1 is 1.29 bits per heavy atom. The van der Waals surface area contributed by atoms with E-state index in [9.17, 15) is 4.79 Å². The number of likely N-dealkylation sites (N-methyl/N-ethyl adjacent to an activating group) is 1. The third-order valence-corrected chi connectivity index (χ3v) is 3.95. The summed E-state index contributed by atoms with van der Waals surface area (Å²) in [6, 6.07) is 8.21. The summed E-state index contributed by atoms with van der Waals surface area (Å²) in [6.45, 7) is 9.00. The molecular weight excluding hydrogens is 264 g/mol. The molecule has 0 radical (unpaired) electrons. The van der Waals surface area contributed by atoms with Gasteiger partial charge in [-0.2, -0.15) is 0 Å². The summed E-state index contributed by atoms with van der Waals surface area (Å²) in [4.78, 5) is 16.4. The number of carbonyl (C=O) groups is 1. The van der Waals surface area contributed by atoms with Crippen LogP contribution in [-0.4, -0.2) is 54.6 Å². The third kappa shape index (κ3) is 4.55. The molecule has 1 aromatic carbocycles. The Bertz CT molecular complexity index is 479. The lowest BCUT2D eigenvalue weighted by molar-refractivity contribution is -0.135. The van der Waals surface area contributed by atoms with Crippen molar-refractivity contribution < 1.29 is 9.53 Å². The van der Waals surface area contributed by atoms with Crippen LogP contribution >= 0.6 is 0 Å². The van der Waals surface area contributed by atoms with Crippen LogP contribution in [0.4, 0.5) is 0 Å². The van der Waals surface area contributed by atoms with Gasteiger partial charge in [0.25, 0.3) is 0 Å². The molecule has 4 nitrogen and oxygen atoms in total. The topological polar surface area (TPSA) is 32.8 Å². The summed E-state index contributed by atoms with van der Waals surface area (Å²) >= 11 is 0. The second-order valence-electron chi connectivity index (χ2n) is 6.13. The van der Waals surface area contributed by atoms with Crippen LogP contribution in [0, 0.1) is 6.92 Å². The lowest BCUT2D eigenvalue weighted by atomic mass is 10.1. The van der Waals surface area contributed by atoms with Gasteiger partial charge in [0, 0.05) is 26.7 Å². The van der Waals surface area contributed by atoms with E-state index in [1.54, 1.807) is 0 Å². The molecule has 4 heteroatoms. The number of rotatable bonds is 4. The lowest BCUT2D eigenvalue weighted by Crippen LogP contribution is -2.49. The van der Waals surface area contributed by atoms with E-state index in [1.165, 1.54) is 11.1 Å². The molecule has 1 saturated heterocycles. The van der Waals surface area contributed by atoms with Crippen molar-refractivity contribution in [2.45, 2.75) is 39.5 Å². The summed E-state index contributed by atoms with van der Waals surface area (Å²) in [5.74, 6) is 0.166. The van der Waals surface area contributed by atoms with Gasteiger partial charge in [-0.05, 0) is 31.9 Å². The SMILES string of the molecule is Cc1ccccc1CN(C)C(=O)CN1CC(C)OC(C)C1. The van der Waals surface area contributed by atoms with E-state index in [4.69, 9.17) is 4.74 Å². The van der Waals surface area contributed by atoms with Crippen LogP contribution in [0.1, 0.15) is 25.0 Å². The third-order valence-electron chi connectivity index (χ3n) is 3.95. The predicted molar refractivity (Wildman–Crippen MR) is 84.1 cm³/mol. The van der Waals surface area contributed by atoms with Gasteiger partial charge in [0.15, 0.2) is 0 Å². The number of hydrogen-bond acceptors (Lipinski definition) is 3. The highest BCUT2D eigenvalue weighted by Gasteiger charge is 2.24. The van der Waals surface area contributed by atoms with E-state index >= 15 is 0 Å². The molecule has 0 aliphatic carbocycles. The summed E-state index contributed by atoms with van der Waals surface area (Å²) in [5.41, 5.74) is 2.43. The molecule has 21 heavy (non-hydrogen) atoms. The van der Waals surface area contributed by atoms with Crippen molar-refractivity contribution in [3.8, 4) is 0 Å². The maximum Gasteiger partial charge on any atom is 0.236 e. The Morgan fingerprint density at radius 3 is 2.52 bits per heavy atom. The number of hydrogen-bond donors (Lipinski definition) is 0. The number of benzene rings is 1. The lowest BCUT2D eigenvalue weighted by Gasteiger charge is -2.35. The van der Waals surface area contributed by atoms with Gasteiger partial charge in [0.1, 0.15) is 0 Å². The van der Waals surface area contributed by atoms with Gasteiger partial charge in [-0.1, -0.05) is 24.3 Å². The van der Waals surface area contributed by atoms with Crippen LogP contribution in [0.2, 0.25) is 0 Å². The molecule has 0 saturated carbocycles. The van der Waals surface area contributed by atoms with Crippen LogP contribution < -0.4 is 0 Å². The van der Waals surface area contributed by atoms with E-state index in [0.717, 1.165) is 13.1 Å². The fourth-order valence-electron chi connectivity index (χ4n) is 2.86. The molecule has 1 aliphatic heterocycles. The van der Waals surface area contributed by atoms with Gasteiger partial charge in [0.2, 0.25) is 5.91 Å². The number of aryl methyl sites for hydroxylation is 1. The molecule has 0 N–H and O–H groups in total. The Labute approximate surface area is 127 Å². The van der Waals surface area contributed by atoms with Gasteiger partial charge >= 0.3 is 0 Å². The fraction of sp³-hybridized carbons (Fsp3) is 0.588. The van der Waals surface area contributed by atoms with Gasteiger partial charge in [-0.15, -0.1) is 0 Å². The Hall–Kier alpha value is -1.39. The van der Waals surface area contributed by atoms with Crippen molar-refractivity contribution >= 4 is 5.91 Å². The molecule has 0 aromatic heterocycles. The predicted octanol–water partition coefficient (Wildman–Crippen LogP) is 2.06. The number of carbonyl (C=O) groups excluding carboxylic acids is 1. The quantitative estimate of drug-likeness (QED) is 0.851. The van der Waals surface area contributed by atoms with Crippen molar-refractivity contribution in [3.63, 3.8) is 0 Å². The smallest absolute Gasteiger partial charge is 0.236 e. The summed E-state index contributed by atoms with van der Waals surface area (Å²) < 4.78 is 5.70. The molecule has 1 aromatic rings. The molecule has 0 spiro atoms. The minimum absolute atomic E-state index is 0.166. The first kappa shape index (κ1) is 16.0. The Balaban J connectivity index is 1.89. The van der Waals surface area contributed by atoms with Gasteiger partial charge in [-0.3, -0.25) is 9.69 Å². The van der Waals surface area contributed by atoms with Crippen LogP contribution in [0.15, 0.2) is 24.3 Å². The van der Waals surface area contributed by atoms with Crippen LogP contribution in [0.3, 0.4) is 0 Å². The first-order valence-corrected chi connectivity index (χ1v) is 7.62. The maximum atomic E-state index is 12.4. The average molecular weight is 290 g/mol. The first-order chi connectivity index (χ1) is 9.95. The van der Waals surface area contributed by atoms with Gasteiger partial charge < -0.3 is 9.64 Å². The molecule has 2 unspecified atom stereocenters. The number of amides is 1. The summed E-state index contributed by atoms with van der Waals surface area (Å²) in [6.07, 6.45) is 0.395. The second kappa shape index (κ2) is 7.05. The zero-order valence-corrected chi connectivity index (χ0v) is 13.5. The van der Waals surface area contributed by atoms with E-state index in [2.05, 4.69) is 37.8 Å². The molecule has 2 atom stereocenters. The first-order valence-electron chi connectivity index (χ1n) is 7.62. The Morgan fingerprint density at radius 2 is 1.90 bits per heavy atom. The van der Waals surface area contributed by atoms with Crippen molar-refractivity contribution in [1.82, 2.24) is 9.80 Å². The highest BCUT2D eigenvalue weighted by Crippen LogP contribution is 2.12. The minimum Gasteiger partial charge on any atom is -0.373 e.